The van der Waals surface area contributed by atoms with E-state index in [1.54, 1.807) is 0 Å². The van der Waals surface area contributed by atoms with Gasteiger partial charge in [0.25, 0.3) is 0 Å². The average molecular weight is 200 g/mol. The van der Waals surface area contributed by atoms with Crippen molar-refractivity contribution in [2.45, 2.75) is 39.3 Å². The molecule has 0 saturated carbocycles. The van der Waals surface area contributed by atoms with Crippen LogP contribution in [0.5, 0.6) is 0 Å². The van der Waals surface area contributed by atoms with Crippen LogP contribution in [0.25, 0.3) is 6.15 Å². The molecule has 0 aromatic carbocycles. The molecule has 11 heavy (non-hydrogen) atoms. The van der Waals surface area contributed by atoms with E-state index in [1.807, 2.05) is 0 Å². The molecule has 0 aromatic heterocycles. The van der Waals surface area contributed by atoms with Gasteiger partial charge in [0.15, 0.2) is 0 Å². The Balaban J connectivity index is -0.000000320. The number of hydrogen-bond acceptors (Lipinski definition) is 1. The first-order valence-corrected chi connectivity index (χ1v) is 10.5. The van der Waals surface area contributed by atoms with Gasteiger partial charge < -0.3 is 10.8 Å². The van der Waals surface area contributed by atoms with E-state index in [9.17, 15) is 0 Å². The van der Waals surface area contributed by atoms with Crippen LogP contribution in [0.2, 0.25) is 39.3 Å². The monoisotopic (exact) mass is 200 g/mol. The fraction of sp³-hybridized carbons (Fsp3) is 1.00. The Morgan fingerprint density at radius 2 is 0.909 bits per heavy atom. The van der Waals surface area contributed by atoms with Gasteiger partial charge in [0.2, 0.25) is 0 Å². The Kier molecular flexibility index (Phi) is 9.78. The topological polar surface area (TPSA) is 45.5 Å². The zero-order valence-electron chi connectivity index (χ0n) is 9.08. The molecule has 0 heterocycles. The van der Waals surface area contributed by atoms with E-state index in [0.29, 0.717) is 0 Å². The summed E-state index contributed by atoms with van der Waals surface area (Å²) < 4.78 is 3.74. The third-order valence-electron chi connectivity index (χ3n) is 0.750. The van der Waals surface area contributed by atoms with Gasteiger partial charge in [-0.1, -0.05) is 39.3 Å². The minimum Gasteiger partial charge on any atom is -0.693 e. The minimum atomic E-state index is -0.981. The van der Waals surface area contributed by atoms with Gasteiger partial charge >= 0.3 is 29.6 Å². The van der Waals surface area contributed by atoms with Gasteiger partial charge in [-0.25, -0.2) is 0 Å². The maximum absolute atomic E-state index is 3.74. The molecule has 0 atom stereocenters. The molecule has 0 unspecified atom stereocenters. The van der Waals surface area contributed by atoms with Gasteiger partial charge in [0.05, 0.1) is 0 Å². The number of nitrogens with one attached hydrogen (secondary N) is 1. The van der Waals surface area contributed by atoms with Gasteiger partial charge in [-0.05, 0) is 0 Å². The van der Waals surface area contributed by atoms with E-state index in [0.717, 1.165) is 0 Å². The maximum Gasteiger partial charge on any atom is 1.00 e. The molecule has 0 aliphatic heterocycles. The average Bonchev–Trinajstić information content (AvgIpc) is 1.14. The summed E-state index contributed by atoms with van der Waals surface area (Å²) in [4.78, 5) is 0. The smallest absolute Gasteiger partial charge is 0.693 e. The number of rotatable bonds is 2. The first-order chi connectivity index (χ1) is 3.71. The van der Waals surface area contributed by atoms with Crippen molar-refractivity contribution in [1.29, 1.82) is 0 Å². The van der Waals surface area contributed by atoms with Crippen LogP contribution < -0.4 is 34.2 Å². The molecule has 64 valence electrons. The van der Waals surface area contributed by atoms with Crippen LogP contribution in [0.15, 0.2) is 0 Å². The van der Waals surface area contributed by atoms with Crippen LogP contribution in [0, 0.1) is 0 Å². The molecule has 0 bridgehead atoms. The molecule has 2 nitrogen and oxygen atoms in total. The predicted octanol–water partition coefficient (Wildman–Crippen LogP) is -0.0331. The Morgan fingerprint density at radius 1 is 0.727 bits per heavy atom. The zero-order chi connectivity index (χ0) is 7.71. The molecule has 0 amide bonds. The Morgan fingerprint density at radius 3 is 0.909 bits per heavy atom. The Labute approximate surface area is 95.6 Å². The first kappa shape index (κ1) is 18.2. The summed E-state index contributed by atoms with van der Waals surface area (Å²) >= 11 is 0. The fourth-order valence-corrected chi connectivity index (χ4v) is 10.1. The fourth-order valence-electron chi connectivity index (χ4n) is 1.12. The normalized spacial score (nSPS) is 11.5. The molecule has 0 aliphatic carbocycles. The maximum atomic E-state index is 3.74. The molecule has 0 radical (unpaired) electrons. The third-order valence-corrected chi connectivity index (χ3v) is 6.75. The van der Waals surface area contributed by atoms with Crippen LogP contribution in [0.3, 0.4) is 0 Å². The van der Waals surface area contributed by atoms with E-state index in [-0.39, 0.29) is 35.7 Å². The van der Waals surface area contributed by atoms with E-state index in [1.165, 1.54) is 0 Å². The van der Waals surface area contributed by atoms with E-state index >= 15 is 0 Å². The van der Waals surface area contributed by atoms with Crippen molar-refractivity contribution in [3.8, 4) is 0 Å². The van der Waals surface area contributed by atoms with Crippen molar-refractivity contribution >= 4 is 16.5 Å². The van der Waals surface area contributed by atoms with Gasteiger partial charge in [-0.15, -0.1) is 0 Å². The Hall–Kier alpha value is 1.35. The molecular formula is C6H21N2NaSi2. The number of hydrogen-bond donors (Lipinski definition) is 1. The predicted molar refractivity (Wildman–Crippen MR) is 55.1 cm³/mol. The van der Waals surface area contributed by atoms with Crippen LogP contribution in [-0.4, -0.2) is 16.5 Å². The second-order valence-corrected chi connectivity index (χ2v) is 14.6. The van der Waals surface area contributed by atoms with Gasteiger partial charge in [0.1, 0.15) is 16.5 Å². The van der Waals surface area contributed by atoms with Crippen molar-refractivity contribution in [3.63, 3.8) is 0 Å². The molecule has 0 spiro atoms. The molecule has 0 fully saturated rings. The van der Waals surface area contributed by atoms with Crippen molar-refractivity contribution in [2.24, 2.45) is 0 Å². The summed E-state index contributed by atoms with van der Waals surface area (Å²) in [6.07, 6.45) is 0. The molecule has 0 saturated heterocycles. The van der Waals surface area contributed by atoms with Crippen molar-refractivity contribution < 1.29 is 29.6 Å². The second kappa shape index (κ2) is 5.91. The summed E-state index contributed by atoms with van der Waals surface area (Å²) in [6.45, 7) is 14.1. The molecule has 0 aromatic rings. The quantitative estimate of drug-likeness (QED) is 0.625. The van der Waals surface area contributed by atoms with Crippen LogP contribution in [0.1, 0.15) is 0 Å². The van der Waals surface area contributed by atoms with Crippen LogP contribution in [-0.2, 0) is 0 Å². The van der Waals surface area contributed by atoms with Gasteiger partial charge in [-0.3, -0.25) is 0 Å². The summed E-state index contributed by atoms with van der Waals surface area (Å²) in [5.74, 6) is 0. The SMILES string of the molecule is C[Si](C)(C)N[Si](C)(C)C.[NH2-].[Na+]. The molecular weight excluding hydrogens is 179 g/mol. The van der Waals surface area contributed by atoms with E-state index < -0.39 is 16.5 Å². The van der Waals surface area contributed by atoms with Crippen molar-refractivity contribution in [1.82, 2.24) is 4.65 Å². The van der Waals surface area contributed by atoms with Crippen molar-refractivity contribution in [3.05, 3.63) is 6.15 Å². The van der Waals surface area contributed by atoms with Crippen LogP contribution in [0.4, 0.5) is 0 Å². The standard InChI is InChI=1S/C6H19NSi2.H2N.Na/c1-8(2,3)7-9(4,5)6;;/h7H,1-6H3;1H2;/q;-1;+1. The summed E-state index contributed by atoms with van der Waals surface area (Å²) in [5, 5.41) is 0. The minimum absolute atomic E-state index is 0. The third kappa shape index (κ3) is 18.4. The molecule has 0 rings (SSSR count). The van der Waals surface area contributed by atoms with Gasteiger partial charge in [-0.2, -0.15) is 0 Å². The molecule has 0 aliphatic rings. The largest absolute Gasteiger partial charge is 1.00 e. The number of nitrogens with two attached hydrogens (primary N) is 1. The molecule has 5 heteroatoms. The molecule has 3 N–H and O–H groups in total. The first-order valence-electron chi connectivity index (χ1n) is 3.50. The van der Waals surface area contributed by atoms with Crippen LogP contribution >= 0.6 is 0 Å². The van der Waals surface area contributed by atoms with Gasteiger partial charge in [0, 0.05) is 0 Å². The summed E-state index contributed by atoms with van der Waals surface area (Å²) in [5.41, 5.74) is 0. The van der Waals surface area contributed by atoms with E-state index in [4.69, 9.17) is 0 Å². The summed E-state index contributed by atoms with van der Waals surface area (Å²) in [7, 11) is -1.96. The van der Waals surface area contributed by atoms with E-state index in [2.05, 4.69) is 43.9 Å². The second-order valence-electron chi connectivity index (χ2n) is 4.62. The summed E-state index contributed by atoms with van der Waals surface area (Å²) in [6, 6.07) is 0. The van der Waals surface area contributed by atoms with Crippen molar-refractivity contribution in [2.75, 3.05) is 0 Å². The zero-order valence-corrected chi connectivity index (χ0v) is 13.1. The Bertz CT molecular complexity index is 83.7.